The van der Waals surface area contributed by atoms with Crippen LogP contribution < -0.4 is 0 Å². The van der Waals surface area contributed by atoms with Crippen molar-refractivity contribution >= 4 is 11.1 Å². The average molecular weight is 209 g/mol. The monoisotopic (exact) mass is 209 g/mol. The number of hydrogen-bond donors (Lipinski definition) is 1. The molecule has 2 aromatic rings. The molecule has 0 saturated heterocycles. The molecule has 0 fully saturated rings. The molecule has 5 nitrogen and oxygen atoms in total. The number of hydrogen-bond acceptors (Lipinski definition) is 3. The van der Waals surface area contributed by atoms with E-state index < -0.39 is 11.1 Å². The van der Waals surface area contributed by atoms with E-state index in [1.165, 1.54) is 0 Å². The van der Waals surface area contributed by atoms with E-state index in [-0.39, 0.29) is 0 Å². The minimum Gasteiger partial charge on any atom is -0.302 e. The SMILES string of the molecule is O=S(O)c1ccc(-n2ccnn2)cc1. The first kappa shape index (κ1) is 9.04. The van der Waals surface area contributed by atoms with E-state index in [9.17, 15) is 4.21 Å². The van der Waals surface area contributed by atoms with E-state index in [0.29, 0.717) is 4.90 Å². The lowest BCUT2D eigenvalue weighted by molar-refractivity contribution is 0.564. The molecule has 14 heavy (non-hydrogen) atoms. The van der Waals surface area contributed by atoms with E-state index in [2.05, 4.69) is 10.3 Å². The highest BCUT2D eigenvalue weighted by molar-refractivity contribution is 7.79. The van der Waals surface area contributed by atoms with Gasteiger partial charge in [0.1, 0.15) is 0 Å². The van der Waals surface area contributed by atoms with Crippen LogP contribution in [0.4, 0.5) is 0 Å². The second-order valence-electron chi connectivity index (χ2n) is 2.59. The van der Waals surface area contributed by atoms with Crippen molar-refractivity contribution in [2.45, 2.75) is 4.90 Å². The Hall–Kier alpha value is -1.53. The lowest BCUT2D eigenvalue weighted by Crippen LogP contribution is -1.95. The Bertz CT molecular complexity index is 438. The summed E-state index contributed by atoms with van der Waals surface area (Å²) in [5, 5.41) is 7.45. The number of aromatic nitrogens is 3. The van der Waals surface area contributed by atoms with Gasteiger partial charge in [-0.3, -0.25) is 0 Å². The Labute approximate surface area is 82.7 Å². The summed E-state index contributed by atoms with van der Waals surface area (Å²) in [5.74, 6) is 0. The summed E-state index contributed by atoms with van der Waals surface area (Å²) >= 11 is -1.93. The van der Waals surface area contributed by atoms with Crippen LogP contribution in [0.5, 0.6) is 0 Å². The van der Waals surface area contributed by atoms with Gasteiger partial charge in [0, 0.05) is 0 Å². The summed E-state index contributed by atoms with van der Waals surface area (Å²) in [6, 6.07) is 6.57. The fourth-order valence-electron chi connectivity index (χ4n) is 1.06. The topological polar surface area (TPSA) is 68.0 Å². The molecule has 0 radical (unpaired) electrons. The highest BCUT2D eigenvalue weighted by atomic mass is 32.2. The zero-order valence-corrected chi connectivity index (χ0v) is 7.89. The zero-order chi connectivity index (χ0) is 9.97. The number of rotatable bonds is 2. The Balaban J connectivity index is 2.36. The predicted molar refractivity (Wildman–Crippen MR) is 50.4 cm³/mol. The molecule has 0 aliphatic rings. The van der Waals surface area contributed by atoms with Crippen LogP contribution in [0.2, 0.25) is 0 Å². The first-order valence-electron chi connectivity index (χ1n) is 3.85. The third kappa shape index (κ3) is 1.70. The molecule has 0 amide bonds. The Morgan fingerprint density at radius 1 is 1.29 bits per heavy atom. The van der Waals surface area contributed by atoms with Crippen molar-refractivity contribution < 1.29 is 8.76 Å². The lowest BCUT2D eigenvalue weighted by atomic mass is 10.3. The van der Waals surface area contributed by atoms with E-state index in [0.717, 1.165) is 5.69 Å². The largest absolute Gasteiger partial charge is 0.302 e. The quantitative estimate of drug-likeness (QED) is 0.744. The van der Waals surface area contributed by atoms with Gasteiger partial charge in [-0.15, -0.1) is 5.10 Å². The minimum atomic E-state index is -1.93. The molecule has 0 spiro atoms. The van der Waals surface area contributed by atoms with Crippen molar-refractivity contribution in [3.63, 3.8) is 0 Å². The first-order chi connectivity index (χ1) is 6.77. The molecule has 0 saturated carbocycles. The predicted octanol–water partition coefficient (Wildman–Crippen LogP) is 0.848. The van der Waals surface area contributed by atoms with Crippen LogP contribution in [0.3, 0.4) is 0 Å². The summed E-state index contributed by atoms with van der Waals surface area (Å²) in [6.45, 7) is 0. The summed E-state index contributed by atoms with van der Waals surface area (Å²) in [7, 11) is 0. The third-order valence-corrected chi connectivity index (χ3v) is 2.40. The molecule has 1 heterocycles. The molecule has 72 valence electrons. The molecule has 1 atom stereocenters. The van der Waals surface area contributed by atoms with Crippen LogP contribution in [0, 0.1) is 0 Å². The van der Waals surface area contributed by atoms with Gasteiger partial charge < -0.3 is 4.55 Å². The van der Waals surface area contributed by atoms with Crippen molar-refractivity contribution in [2.24, 2.45) is 0 Å². The summed E-state index contributed by atoms with van der Waals surface area (Å²) in [4.78, 5) is 0.369. The normalized spacial score (nSPS) is 12.6. The summed E-state index contributed by atoms with van der Waals surface area (Å²) < 4.78 is 21.0. The van der Waals surface area contributed by atoms with Gasteiger partial charge in [0.05, 0.1) is 23.0 Å². The van der Waals surface area contributed by atoms with E-state index in [1.54, 1.807) is 41.3 Å². The molecular weight excluding hydrogens is 202 g/mol. The molecule has 1 aromatic heterocycles. The average Bonchev–Trinajstić information content (AvgIpc) is 2.71. The molecule has 1 aromatic carbocycles. The van der Waals surface area contributed by atoms with Gasteiger partial charge in [-0.05, 0) is 24.3 Å². The molecule has 0 aliphatic carbocycles. The van der Waals surface area contributed by atoms with Gasteiger partial charge in [0.15, 0.2) is 11.1 Å². The highest BCUT2D eigenvalue weighted by Gasteiger charge is 2.00. The summed E-state index contributed by atoms with van der Waals surface area (Å²) in [5.41, 5.74) is 0.803. The van der Waals surface area contributed by atoms with Crippen LogP contribution >= 0.6 is 0 Å². The molecule has 1 N–H and O–H groups in total. The maximum Gasteiger partial charge on any atom is 0.186 e. The lowest BCUT2D eigenvalue weighted by Gasteiger charge is -1.99. The number of benzene rings is 1. The number of nitrogens with zero attached hydrogens (tertiary/aromatic N) is 3. The second-order valence-corrected chi connectivity index (χ2v) is 3.56. The van der Waals surface area contributed by atoms with Gasteiger partial charge in [-0.2, -0.15) is 0 Å². The van der Waals surface area contributed by atoms with E-state index >= 15 is 0 Å². The van der Waals surface area contributed by atoms with Crippen molar-refractivity contribution in [1.29, 1.82) is 0 Å². The molecule has 0 aliphatic heterocycles. The van der Waals surface area contributed by atoms with Gasteiger partial charge in [0.2, 0.25) is 0 Å². The minimum absolute atomic E-state index is 0.369. The Morgan fingerprint density at radius 3 is 2.50 bits per heavy atom. The van der Waals surface area contributed by atoms with Crippen molar-refractivity contribution in [3.8, 4) is 5.69 Å². The zero-order valence-electron chi connectivity index (χ0n) is 7.07. The molecule has 2 rings (SSSR count). The highest BCUT2D eigenvalue weighted by Crippen LogP contribution is 2.09. The van der Waals surface area contributed by atoms with Gasteiger partial charge >= 0.3 is 0 Å². The van der Waals surface area contributed by atoms with Crippen LogP contribution in [0.1, 0.15) is 0 Å². The molecule has 6 heteroatoms. The van der Waals surface area contributed by atoms with Crippen molar-refractivity contribution in [2.75, 3.05) is 0 Å². The smallest absolute Gasteiger partial charge is 0.186 e. The van der Waals surface area contributed by atoms with Crippen LogP contribution in [-0.2, 0) is 11.1 Å². The van der Waals surface area contributed by atoms with Crippen LogP contribution in [0.15, 0.2) is 41.6 Å². The Morgan fingerprint density at radius 2 is 2.00 bits per heavy atom. The summed E-state index contributed by atoms with van der Waals surface area (Å²) in [6.07, 6.45) is 3.27. The fraction of sp³-hybridized carbons (Fsp3) is 0. The maximum atomic E-state index is 10.7. The van der Waals surface area contributed by atoms with E-state index in [4.69, 9.17) is 4.55 Å². The van der Waals surface area contributed by atoms with E-state index in [1.807, 2.05) is 0 Å². The maximum absolute atomic E-state index is 10.7. The van der Waals surface area contributed by atoms with Gasteiger partial charge in [-0.1, -0.05) is 5.21 Å². The van der Waals surface area contributed by atoms with Gasteiger partial charge in [-0.25, -0.2) is 8.89 Å². The Kier molecular flexibility index (Phi) is 2.38. The van der Waals surface area contributed by atoms with Crippen LogP contribution in [-0.4, -0.2) is 23.8 Å². The van der Waals surface area contributed by atoms with Crippen molar-refractivity contribution in [3.05, 3.63) is 36.7 Å². The van der Waals surface area contributed by atoms with Crippen LogP contribution in [0.25, 0.3) is 5.69 Å². The van der Waals surface area contributed by atoms with Gasteiger partial charge in [0.25, 0.3) is 0 Å². The molecule has 0 bridgehead atoms. The second kappa shape index (κ2) is 3.69. The third-order valence-electron chi connectivity index (χ3n) is 1.73. The first-order valence-corrected chi connectivity index (χ1v) is 4.95. The fourth-order valence-corrected chi connectivity index (χ4v) is 1.43. The van der Waals surface area contributed by atoms with Crippen molar-refractivity contribution in [1.82, 2.24) is 15.0 Å². The standard InChI is InChI=1S/C8H7N3O2S/c12-14(13)8-3-1-7(2-4-8)11-6-5-9-10-11/h1-6H,(H,12,13). The molecular formula is C8H7N3O2S. The molecule has 1 unspecified atom stereocenters.